The predicted octanol–water partition coefficient (Wildman–Crippen LogP) is 3.42. The van der Waals surface area contributed by atoms with Gasteiger partial charge in [-0.15, -0.1) is 0 Å². The van der Waals surface area contributed by atoms with E-state index >= 15 is 0 Å². The molecular formula is C13H18F3N3O. The number of hydrogen-bond acceptors (Lipinski definition) is 4. The molecule has 0 aliphatic heterocycles. The molecule has 0 amide bonds. The van der Waals surface area contributed by atoms with Crippen LogP contribution in [0.25, 0.3) is 0 Å². The number of nitrogens with one attached hydrogen (secondary N) is 1. The molecule has 0 radical (unpaired) electrons. The van der Waals surface area contributed by atoms with Crippen LogP contribution < -0.4 is 10.1 Å². The Morgan fingerprint density at radius 1 is 1.35 bits per heavy atom. The van der Waals surface area contributed by atoms with Crippen molar-refractivity contribution in [1.29, 1.82) is 0 Å². The number of aromatic nitrogens is 2. The SMILES string of the molecule is CCNc1nc(C2CC2)nc(OC(C)C(F)(F)F)c1C. The summed E-state index contributed by atoms with van der Waals surface area (Å²) >= 11 is 0. The minimum absolute atomic E-state index is 0.0164. The van der Waals surface area contributed by atoms with E-state index < -0.39 is 12.3 Å². The molecule has 1 unspecified atom stereocenters. The Labute approximate surface area is 115 Å². The van der Waals surface area contributed by atoms with E-state index in [1.165, 1.54) is 0 Å². The molecule has 0 saturated heterocycles. The van der Waals surface area contributed by atoms with E-state index in [1.807, 2.05) is 6.92 Å². The van der Waals surface area contributed by atoms with Gasteiger partial charge in [0, 0.05) is 12.5 Å². The van der Waals surface area contributed by atoms with Crippen molar-refractivity contribution in [2.75, 3.05) is 11.9 Å². The van der Waals surface area contributed by atoms with Crippen LogP contribution in [0.1, 0.15) is 44.0 Å². The number of anilines is 1. The second-order valence-corrected chi connectivity index (χ2v) is 4.97. The molecule has 7 heteroatoms. The standard InChI is InChI=1S/C13H18F3N3O/c1-4-17-10-7(2)12(20-8(3)13(14,15)16)19-11(18-10)9-5-6-9/h8-9H,4-6H2,1-3H3,(H,17,18,19). The zero-order valence-electron chi connectivity index (χ0n) is 11.7. The average molecular weight is 289 g/mol. The zero-order chi connectivity index (χ0) is 14.9. The zero-order valence-corrected chi connectivity index (χ0v) is 11.7. The summed E-state index contributed by atoms with van der Waals surface area (Å²) < 4.78 is 42.8. The summed E-state index contributed by atoms with van der Waals surface area (Å²) in [5, 5.41) is 3.04. The van der Waals surface area contributed by atoms with Gasteiger partial charge >= 0.3 is 6.18 Å². The molecule has 1 atom stereocenters. The molecule has 1 N–H and O–H groups in total. The lowest BCUT2D eigenvalue weighted by Gasteiger charge is -2.19. The highest BCUT2D eigenvalue weighted by molar-refractivity contribution is 5.49. The lowest BCUT2D eigenvalue weighted by Crippen LogP contribution is -2.32. The maximum Gasteiger partial charge on any atom is 0.425 e. The van der Waals surface area contributed by atoms with E-state index in [-0.39, 0.29) is 11.8 Å². The van der Waals surface area contributed by atoms with Crippen LogP contribution in [0.4, 0.5) is 19.0 Å². The number of rotatable bonds is 5. The molecule has 0 bridgehead atoms. The molecular weight excluding hydrogens is 271 g/mol. The van der Waals surface area contributed by atoms with E-state index in [2.05, 4.69) is 15.3 Å². The smallest absolute Gasteiger partial charge is 0.425 e. The van der Waals surface area contributed by atoms with Gasteiger partial charge in [-0.05, 0) is 33.6 Å². The van der Waals surface area contributed by atoms with Crippen LogP contribution in [0.3, 0.4) is 0 Å². The topological polar surface area (TPSA) is 47.0 Å². The van der Waals surface area contributed by atoms with E-state index in [0.29, 0.717) is 23.8 Å². The fourth-order valence-electron chi connectivity index (χ4n) is 1.73. The number of alkyl halides is 3. The number of nitrogens with zero attached hydrogens (tertiary/aromatic N) is 2. The monoisotopic (exact) mass is 289 g/mol. The third-order valence-electron chi connectivity index (χ3n) is 3.15. The van der Waals surface area contributed by atoms with Crippen LogP contribution in [0.5, 0.6) is 5.88 Å². The lowest BCUT2D eigenvalue weighted by molar-refractivity contribution is -0.190. The van der Waals surface area contributed by atoms with Crippen LogP contribution in [0, 0.1) is 6.92 Å². The summed E-state index contributed by atoms with van der Waals surface area (Å²) in [5.41, 5.74) is 0.507. The summed E-state index contributed by atoms with van der Waals surface area (Å²) in [6.45, 7) is 5.17. The van der Waals surface area contributed by atoms with Gasteiger partial charge in [-0.1, -0.05) is 0 Å². The van der Waals surface area contributed by atoms with Crippen molar-refractivity contribution in [1.82, 2.24) is 9.97 Å². The van der Waals surface area contributed by atoms with E-state index in [4.69, 9.17) is 4.74 Å². The third-order valence-corrected chi connectivity index (χ3v) is 3.15. The predicted molar refractivity (Wildman–Crippen MR) is 69.1 cm³/mol. The van der Waals surface area contributed by atoms with Gasteiger partial charge in [-0.3, -0.25) is 0 Å². The van der Waals surface area contributed by atoms with Gasteiger partial charge in [0.25, 0.3) is 0 Å². The molecule has 1 fully saturated rings. The molecule has 1 aromatic heterocycles. The van der Waals surface area contributed by atoms with Crippen LogP contribution in [0.2, 0.25) is 0 Å². The third kappa shape index (κ3) is 3.32. The molecule has 1 saturated carbocycles. The van der Waals surface area contributed by atoms with Gasteiger partial charge in [0.2, 0.25) is 5.88 Å². The van der Waals surface area contributed by atoms with Crippen molar-refractivity contribution in [2.24, 2.45) is 0 Å². The van der Waals surface area contributed by atoms with E-state index in [0.717, 1.165) is 19.8 Å². The van der Waals surface area contributed by atoms with Crippen molar-refractivity contribution in [2.45, 2.75) is 51.8 Å². The highest BCUT2D eigenvalue weighted by atomic mass is 19.4. The summed E-state index contributed by atoms with van der Waals surface area (Å²) in [5.74, 6) is 1.38. The summed E-state index contributed by atoms with van der Waals surface area (Å²) in [4.78, 5) is 8.53. The quantitative estimate of drug-likeness (QED) is 0.902. The Morgan fingerprint density at radius 2 is 2.00 bits per heavy atom. The fraction of sp³-hybridized carbons (Fsp3) is 0.692. The van der Waals surface area contributed by atoms with Crippen molar-refractivity contribution in [3.05, 3.63) is 11.4 Å². The van der Waals surface area contributed by atoms with E-state index in [1.54, 1.807) is 6.92 Å². The Bertz CT molecular complexity index is 486. The molecule has 1 heterocycles. The van der Waals surface area contributed by atoms with Crippen molar-refractivity contribution < 1.29 is 17.9 Å². The summed E-state index contributed by atoms with van der Waals surface area (Å²) in [6, 6.07) is 0. The summed E-state index contributed by atoms with van der Waals surface area (Å²) in [6.07, 6.45) is -4.35. The normalized spacial score (nSPS) is 16.9. The first-order valence-electron chi connectivity index (χ1n) is 6.68. The van der Waals surface area contributed by atoms with Crippen LogP contribution in [-0.2, 0) is 0 Å². The second kappa shape index (κ2) is 5.46. The van der Waals surface area contributed by atoms with Crippen LogP contribution >= 0.6 is 0 Å². The van der Waals surface area contributed by atoms with Gasteiger partial charge in [0.15, 0.2) is 6.10 Å². The molecule has 1 aliphatic carbocycles. The molecule has 0 aromatic carbocycles. The van der Waals surface area contributed by atoms with Gasteiger partial charge < -0.3 is 10.1 Å². The Kier molecular flexibility index (Phi) is 4.06. The van der Waals surface area contributed by atoms with Gasteiger partial charge in [0.05, 0.1) is 5.56 Å². The largest absolute Gasteiger partial charge is 0.465 e. The molecule has 112 valence electrons. The Hall–Kier alpha value is -1.53. The molecule has 4 nitrogen and oxygen atoms in total. The first-order chi connectivity index (χ1) is 9.32. The number of ether oxygens (including phenoxy) is 1. The average Bonchev–Trinajstić information content (AvgIpc) is 3.17. The second-order valence-electron chi connectivity index (χ2n) is 4.97. The highest BCUT2D eigenvalue weighted by Crippen LogP contribution is 2.40. The van der Waals surface area contributed by atoms with Gasteiger partial charge in [-0.2, -0.15) is 18.2 Å². The van der Waals surface area contributed by atoms with Gasteiger partial charge in [-0.25, -0.2) is 4.98 Å². The maximum atomic E-state index is 12.6. The Balaban J connectivity index is 2.30. The van der Waals surface area contributed by atoms with Crippen molar-refractivity contribution in [3.8, 4) is 5.88 Å². The van der Waals surface area contributed by atoms with Crippen molar-refractivity contribution in [3.63, 3.8) is 0 Å². The molecule has 1 aromatic rings. The molecule has 20 heavy (non-hydrogen) atoms. The first kappa shape index (κ1) is 14.9. The first-order valence-corrected chi connectivity index (χ1v) is 6.68. The summed E-state index contributed by atoms with van der Waals surface area (Å²) in [7, 11) is 0. The lowest BCUT2D eigenvalue weighted by atomic mass is 10.3. The molecule has 1 aliphatic rings. The number of hydrogen-bond donors (Lipinski definition) is 1. The van der Waals surface area contributed by atoms with Crippen molar-refractivity contribution >= 4 is 5.82 Å². The highest BCUT2D eigenvalue weighted by Gasteiger charge is 2.39. The van der Waals surface area contributed by atoms with E-state index in [9.17, 15) is 13.2 Å². The Morgan fingerprint density at radius 3 is 2.50 bits per heavy atom. The van der Waals surface area contributed by atoms with Crippen LogP contribution in [-0.4, -0.2) is 28.8 Å². The van der Waals surface area contributed by atoms with Crippen LogP contribution in [0.15, 0.2) is 0 Å². The molecule has 2 rings (SSSR count). The number of halogens is 3. The fourth-order valence-corrected chi connectivity index (χ4v) is 1.73. The van der Waals surface area contributed by atoms with Gasteiger partial charge in [0.1, 0.15) is 11.6 Å². The minimum atomic E-state index is -4.41. The molecule has 0 spiro atoms. The maximum absolute atomic E-state index is 12.6. The minimum Gasteiger partial charge on any atom is -0.465 e.